The van der Waals surface area contributed by atoms with Gasteiger partial charge < -0.3 is 19.5 Å². The standard InChI is InChI=1S/C17H19NO6/c1-4-23-15(20)12-13(11-9-7-6-8-10-11)18(3)17(22,14(12)19)16(21)24-5-2/h6-10,22H,4-5H2,1-3H3. The van der Waals surface area contributed by atoms with Crippen molar-refractivity contribution in [3.63, 3.8) is 0 Å². The van der Waals surface area contributed by atoms with Gasteiger partial charge in [-0.15, -0.1) is 0 Å². The van der Waals surface area contributed by atoms with Crippen LogP contribution < -0.4 is 0 Å². The summed E-state index contributed by atoms with van der Waals surface area (Å²) in [6.45, 7) is 3.19. The van der Waals surface area contributed by atoms with Crippen molar-refractivity contribution in [2.24, 2.45) is 0 Å². The van der Waals surface area contributed by atoms with Gasteiger partial charge in [-0.25, -0.2) is 9.59 Å². The Morgan fingerprint density at radius 3 is 2.25 bits per heavy atom. The molecule has 1 aliphatic heterocycles. The van der Waals surface area contributed by atoms with Crippen LogP contribution in [0.1, 0.15) is 19.4 Å². The third kappa shape index (κ3) is 2.67. The fourth-order valence-corrected chi connectivity index (χ4v) is 2.55. The number of hydrogen-bond acceptors (Lipinski definition) is 7. The second kappa shape index (κ2) is 6.84. The van der Waals surface area contributed by atoms with Crippen LogP contribution in [0.2, 0.25) is 0 Å². The van der Waals surface area contributed by atoms with Crippen LogP contribution in [-0.2, 0) is 23.9 Å². The number of aliphatic hydroxyl groups is 1. The van der Waals surface area contributed by atoms with Crippen LogP contribution in [0, 0.1) is 0 Å². The topological polar surface area (TPSA) is 93.1 Å². The number of ether oxygens (including phenoxy) is 2. The zero-order chi connectivity index (χ0) is 17.9. The summed E-state index contributed by atoms with van der Waals surface area (Å²) < 4.78 is 9.73. The van der Waals surface area contributed by atoms with E-state index in [1.165, 1.54) is 7.05 Å². The monoisotopic (exact) mass is 333 g/mol. The van der Waals surface area contributed by atoms with Crippen LogP contribution in [0.3, 0.4) is 0 Å². The molecule has 1 atom stereocenters. The Balaban J connectivity index is 2.61. The molecule has 0 aliphatic carbocycles. The van der Waals surface area contributed by atoms with Crippen LogP contribution in [0.4, 0.5) is 0 Å². The number of carbonyl (C=O) groups is 3. The van der Waals surface area contributed by atoms with Crippen molar-refractivity contribution in [2.45, 2.75) is 19.6 Å². The number of rotatable bonds is 5. The molecule has 24 heavy (non-hydrogen) atoms. The highest BCUT2D eigenvalue weighted by atomic mass is 16.6. The average Bonchev–Trinajstić information content (AvgIpc) is 2.78. The SMILES string of the molecule is CCOC(=O)C1=C(c2ccccc2)N(C)C(O)(C(=O)OCC)C1=O. The van der Waals surface area contributed by atoms with Crippen LogP contribution in [0.25, 0.3) is 5.70 Å². The van der Waals surface area contributed by atoms with Crippen LogP contribution in [0.15, 0.2) is 35.9 Å². The van der Waals surface area contributed by atoms with Crippen molar-refractivity contribution in [1.29, 1.82) is 0 Å². The molecular weight excluding hydrogens is 314 g/mol. The van der Waals surface area contributed by atoms with Crippen LogP contribution in [-0.4, -0.2) is 53.7 Å². The summed E-state index contributed by atoms with van der Waals surface area (Å²) in [5.41, 5.74) is -2.35. The number of esters is 2. The normalized spacial score (nSPS) is 20.3. The van der Waals surface area contributed by atoms with Crippen molar-refractivity contribution in [3.8, 4) is 0 Å². The van der Waals surface area contributed by atoms with E-state index in [0.717, 1.165) is 4.90 Å². The van der Waals surface area contributed by atoms with Gasteiger partial charge in [0.2, 0.25) is 5.78 Å². The molecule has 7 heteroatoms. The average molecular weight is 333 g/mol. The molecule has 1 aromatic rings. The predicted octanol–water partition coefficient (Wildman–Crippen LogP) is 0.727. The molecule has 1 aliphatic rings. The lowest BCUT2D eigenvalue weighted by Gasteiger charge is -2.30. The molecule has 128 valence electrons. The number of hydrogen-bond donors (Lipinski definition) is 1. The Hall–Kier alpha value is -2.67. The first-order valence-corrected chi connectivity index (χ1v) is 7.54. The van der Waals surface area contributed by atoms with Gasteiger partial charge in [0.05, 0.1) is 18.9 Å². The van der Waals surface area contributed by atoms with E-state index >= 15 is 0 Å². The zero-order valence-electron chi connectivity index (χ0n) is 13.7. The molecule has 1 heterocycles. The molecule has 1 aromatic carbocycles. The lowest BCUT2D eigenvalue weighted by molar-refractivity contribution is -0.180. The Kier molecular flexibility index (Phi) is 5.04. The fraction of sp³-hybridized carbons (Fsp3) is 0.353. The van der Waals surface area contributed by atoms with Gasteiger partial charge >= 0.3 is 17.7 Å². The van der Waals surface area contributed by atoms with Crippen LogP contribution in [0.5, 0.6) is 0 Å². The molecule has 0 fully saturated rings. The molecule has 2 rings (SSSR count). The zero-order valence-corrected chi connectivity index (χ0v) is 13.7. The van der Waals surface area contributed by atoms with E-state index in [2.05, 4.69) is 0 Å². The summed E-state index contributed by atoms with van der Waals surface area (Å²) >= 11 is 0. The summed E-state index contributed by atoms with van der Waals surface area (Å²) in [5, 5.41) is 10.7. The number of nitrogens with zero attached hydrogens (tertiary/aromatic N) is 1. The van der Waals surface area contributed by atoms with E-state index < -0.39 is 23.4 Å². The highest BCUT2D eigenvalue weighted by Crippen LogP contribution is 2.38. The quantitative estimate of drug-likeness (QED) is 0.482. The second-order valence-electron chi connectivity index (χ2n) is 5.09. The van der Waals surface area contributed by atoms with Crippen molar-refractivity contribution >= 4 is 23.4 Å². The van der Waals surface area contributed by atoms with Gasteiger partial charge in [0.15, 0.2) is 0 Å². The van der Waals surface area contributed by atoms with E-state index in [-0.39, 0.29) is 24.5 Å². The third-order valence-corrected chi connectivity index (χ3v) is 3.69. The second-order valence-corrected chi connectivity index (χ2v) is 5.09. The minimum Gasteiger partial charge on any atom is -0.462 e. The first-order valence-electron chi connectivity index (χ1n) is 7.54. The minimum absolute atomic E-state index is 0.0162. The smallest absolute Gasteiger partial charge is 0.368 e. The summed E-state index contributed by atoms with van der Waals surface area (Å²) in [7, 11) is 1.35. The highest BCUT2D eigenvalue weighted by molar-refractivity contribution is 6.33. The molecule has 1 unspecified atom stereocenters. The molecule has 0 radical (unpaired) electrons. The summed E-state index contributed by atoms with van der Waals surface area (Å²) in [5.74, 6) is -3.08. The van der Waals surface area contributed by atoms with Gasteiger partial charge in [-0.05, 0) is 19.4 Å². The minimum atomic E-state index is -2.59. The Morgan fingerprint density at radius 2 is 1.71 bits per heavy atom. The third-order valence-electron chi connectivity index (χ3n) is 3.69. The number of Topliss-reactive ketones (excluding diaryl/α,β-unsaturated/α-hetero) is 1. The Labute approximate surface area is 139 Å². The largest absolute Gasteiger partial charge is 0.462 e. The van der Waals surface area contributed by atoms with Gasteiger partial charge in [-0.2, -0.15) is 0 Å². The lowest BCUT2D eigenvalue weighted by Crippen LogP contribution is -2.55. The van der Waals surface area contributed by atoms with Crippen molar-refractivity contribution < 1.29 is 29.0 Å². The summed E-state index contributed by atoms with van der Waals surface area (Å²) in [6.07, 6.45) is 0. The molecule has 0 saturated carbocycles. The molecular formula is C17H19NO6. The van der Waals surface area contributed by atoms with Crippen molar-refractivity contribution in [1.82, 2.24) is 4.90 Å². The van der Waals surface area contributed by atoms with Crippen molar-refractivity contribution in [2.75, 3.05) is 20.3 Å². The summed E-state index contributed by atoms with van der Waals surface area (Å²) in [4.78, 5) is 38.2. The fourth-order valence-electron chi connectivity index (χ4n) is 2.55. The number of benzene rings is 1. The molecule has 0 saturated heterocycles. The van der Waals surface area contributed by atoms with Gasteiger partial charge in [0.1, 0.15) is 5.57 Å². The van der Waals surface area contributed by atoms with E-state index in [0.29, 0.717) is 5.56 Å². The van der Waals surface area contributed by atoms with Gasteiger partial charge in [-0.3, -0.25) is 4.79 Å². The molecule has 1 N–H and O–H groups in total. The maximum Gasteiger partial charge on any atom is 0.368 e. The van der Waals surface area contributed by atoms with Crippen LogP contribution >= 0.6 is 0 Å². The molecule has 7 nitrogen and oxygen atoms in total. The highest BCUT2D eigenvalue weighted by Gasteiger charge is 2.59. The van der Waals surface area contributed by atoms with Gasteiger partial charge in [-0.1, -0.05) is 30.3 Å². The van der Waals surface area contributed by atoms with Gasteiger partial charge in [0.25, 0.3) is 0 Å². The molecule has 0 spiro atoms. The molecule has 0 amide bonds. The first-order chi connectivity index (χ1) is 11.4. The number of carbonyl (C=O) groups excluding carboxylic acids is 3. The maximum atomic E-state index is 12.7. The van der Waals surface area contributed by atoms with E-state index in [9.17, 15) is 19.5 Å². The molecule has 0 aromatic heterocycles. The Morgan fingerprint density at radius 1 is 1.12 bits per heavy atom. The number of likely N-dealkylation sites (N-methyl/N-ethyl adjacent to an activating group) is 1. The van der Waals surface area contributed by atoms with Crippen molar-refractivity contribution in [3.05, 3.63) is 41.5 Å². The molecule has 0 bridgehead atoms. The summed E-state index contributed by atoms with van der Waals surface area (Å²) in [6, 6.07) is 8.52. The maximum absolute atomic E-state index is 12.7. The van der Waals surface area contributed by atoms with E-state index in [4.69, 9.17) is 9.47 Å². The lowest BCUT2D eigenvalue weighted by atomic mass is 10.0. The van der Waals surface area contributed by atoms with E-state index in [1.54, 1.807) is 44.2 Å². The number of ketones is 1. The Bertz CT molecular complexity index is 696. The first kappa shape index (κ1) is 17.7. The predicted molar refractivity (Wildman–Crippen MR) is 84.3 cm³/mol. The van der Waals surface area contributed by atoms with Gasteiger partial charge in [0, 0.05) is 7.05 Å². The van der Waals surface area contributed by atoms with E-state index in [1.807, 2.05) is 0 Å².